The Kier molecular flexibility index (Phi) is 5.15. The number of aromatic hydroxyl groups is 1. The van der Waals surface area contributed by atoms with Crippen molar-refractivity contribution in [2.75, 3.05) is 18.4 Å². The Bertz CT molecular complexity index is 613. The van der Waals surface area contributed by atoms with Gasteiger partial charge in [-0.2, -0.15) is 5.10 Å². The molecule has 2 rings (SSSR count). The van der Waals surface area contributed by atoms with Crippen LogP contribution in [0.15, 0.2) is 23.3 Å². The molecule has 0 aliphatic heterocycles. The largest absolute Gasteiger partial charge is 0.504 e. The Hall–Kier alpha value is -2.48. The van der Waals surface area contributed by atoms with Crippen LogP contribution in [0.2, 0.25) is 0 Å². The minimum Gasteiger partial charge on any atom is -0.504 e. The molecule has 0 saturated carbocycles. The second-order valence-electron chi connectivity index (χ2n) is 3.71. The number of rotatable bonds is 4. The first-order valence-electron chi connectivity index (χ1n) is 5.45. The smallest absolute Gasteiger partial charge is 0.263 e. The Labute approximate surface area is 121 Å². The minimum absolute atomic E-state index is 0. The van der Waals surface area contributed by atoms with Gasteiger partial charge in [-0.15, -0.1) is 22.6 Å². The number of ether oxygens (including phenoxy) is 1. The van der Waals surface area contributed by atoms with Gasteiger partial charge in [-0.1, -0.05) is 6.07 Å². The molecule has 0 unspecified atom stereocenters. The molecule has 0 spiro atoms. The number of aromatic nitrogens is 3. The Balaban J connectivity index is 0.00000200. The second-order valence-corrected chi connectivity index (χ2v) is 3.71. The predicted molar refractivity (Wildman–Crippen MR) is 78.0 cm³/mol. The SMILES string of the molecule is COc1cccc(/C=N\Nc2nnc(C)n2N)c1O.Cl. The highest BCUT2D eigenvalue weighted by molar-refractivity contribution is 5.85. The van der Waals surface area contributed by atoms with E-state index < -0.39 is 0 Å². The zero-order valence-electron chi connectivity index (χ0n) is 10.9. The summed E-state index contributed by atoms with van der Waals surface area (Å²) in [6.45, 7) is 1.72. The Morgan fingerprint density at radius 2 is 2.20 bits per heavy atom. The summed E-state index contributed by atoms with van der Waals surface area (Å²) in [7, 11) is 1.48. The molecule has 4 N–H and O–H groups in total. The average Bonchev–Trinajstić information content (AvgIpc) is 2.72. The number of nitrogens with one attached hydrogen (secondary N) is 1. The van der Waals surface area contributed by atoms with Crippen molar-refractivity contribution >= 4 is 24.6 Å². The van der Waals surface area contributed by atoms with Gasteiger partial charge in [0, 0.05) is 5.56 Å². The fraction of sp³-hybridized carbons (Fsp3) is 0.182. The summed E-state index contributed by atoms with van der Waals surface area (Å²) in [6, 6.07) is 5.09. The molecule has 2 aromatic rings. The van der Waals surface area contributed by atoms with Gasteiger partial charge in [0.2, 0.25) is 0 Å². The number of hydrogen-bond donors (Lipinski definition) is 3. The standard InChI is InChI=1S/C11H14N6O2.ClH/c1-7-14-16-11(17(7)12)15-13-6-8-4-3-5-9(19-2)10(8)18;/h3-6,18H,12H2,1-2H3,(H,15,16);1H/b13-6-;. The monoisotopic (exact) mass is 298 g/mol. The van der Waals surface area contributed by atoms with Crippen LogP contribution in [-0.4, -0.2) is 33.3 Å². The molecule has 108 valence electrons. The van der Waals surface area contributed by atoms with Crippen LogP contribution in [0.1, 0.15) is 11.4 Å². The highest BCUT2D eigenvalue weighted by Crippen LogP contribution is 2.27. The number of benzene rings is 1. The summed E-state index contributed by atoms with van der Waals surface area (Å²) in [4.78, 5) is 0. The quantitative estimate of drug-likeness (QED) is 0.439. The lowest BCUT2D eigenvalue weighted by Gasteiger charge is -2.05. The minimum atomic E-state index is 0. The molecule has 0 aliphatic carbocycles. The first-order valence-corrected chi connectivity index (χ1v) is 5.45. The topological polar surface area (TPSA) is 111 Å². The van der Waals surface area contributed by atoms with Gasteiger partial charge in [-0.05, 0) is 19.1 Å². The van der Waals surface area contributed by atoms with E-state index in [1.54, 1.807) is 25.1 Å². The van der Waals surface area contributed by atoms with Gasteiger partial charge >= 0.3 is 0 Å². The van der Waals surface area contributed by atoms with Crippen LogP contribution in [-0.2, 0) is 0 Å². The zero-order valence-corrected chi connectivity index (χ0v) is 11.8. The van der Waals surface area contributed by atoms with Crippen LogP contribution < -0.4 is 16.0 Å². The molecular weight excluding hydrogens is 284 g/mol. The van der Waals surface area contributed by atoms with Crippen LogP contribution in [0.3, 0.4) is 0 Å². The number of nitrogens with zero attached hydrogens (tertiary/aromatic N) is 4. The number of hydrazone groups is 1. The van der Waals surface area contributed by atoms with Crippen molar-refractivity contribution < 1.29 is 9.84 Å². The number of phenolic OH excluding ortho intramolecular Hbond substituents is 1. The van der Waals surface area contributed by atoms with Gasteiger partial charge < -0.3 is 15.7 Å². The lowest BCUT2D eigenvalue weighted by molar-refractivity contribution is 0.373. The van der Waals surface area contributed by atoms with Crippen LogP contribution in [0.5, 0.6) is 11.5 Å². The number of methoxy groups -OCH3 is 1. The molecule has 0 amide bonds. The second kappa shape index (κ2) is 6.62. The van der Waals surface area contributed by atoms with E-state index in [1.807, 2.05) is 0 Å². The maximum Gasteiger partial charge on any atom is 0.263 e. The summed E-state index contributed by atoms with van der Waals surface area (Å²) >= 11 is 0. The summed E-state index contributed by atoms with van der Waals surface area (Å²) in [5, 5.41) is 21.3. The zero-order chi connectivity index (χ0) is 13.8. The van der Waals surface area contributed by atoms with Gasteiger partial charge in [-0.3, -0.25) is 0 Å². The number of phenols is 1. The maximum atomic E-state index is 9.84. The van der Waals surface area contributed by atoms with Gasteiger partial charge in [-0.25, -0.2) is 10.1 Å². The lowest BCUT2D eigenvalue weighted by Crippen LogP contribution is -2.13. The van der Waals surface area contributed by atoms with Gasteiger partial charge in [0.1, 0.15) is 0 Å². The molecule has 0 bridgehead atoms. The molecule has 0 saturated heterocycles. The van der Waals surface area contributed by atoms with Gasteiger partial charge in [0.15, 0.2) is 17.3 Å². The molecule has 1 heterocycles. The fourth-order valence-electron chi connectivity index (χ4n) is 1.41. The number of anilines is 1. The van der Waals surface area contributed by atoms with Crippen molar-refractivity contribution in [1.29, 1.82) is 0 Å². The number of halogens is 1. The van der Waals surface area contributed by atoms with Crippen molar-refractivity contribution in [3.63, 3.8) is 0 Å². The fourth-order valence-corrected chi connectivity index (χ4v) is 1.41. The number of nitrogen functional groups attached to an aromatic ring is 1. The van der Waals surface area contributed by atoms with E-state index in [0.717, 1.165) is 0 Å². The van der Waals surface area contributed by atoms with Crippen molar-refractivity contribution in [2.45, 2.75) is 6.92 Å². The molecule has 8 nitrogen and oxygen atoms in total. The number of hydrogen-bond acceptors (Lipinski definition) is 7. The van der Waals surface area contributed by atoms with Crippen molar-refractivity contribution in [1.82, 2.24) is 14.9 Å². The van der Waals surface area contributed by atoms with E-state index >= 15 is 0 Å². The third-order valence-electron chi connectivity index (χ3n) is 2.48. The third kappa shape index (κ3) is 3.09. The molecule has 20 heavy (non-hydrogen) atoms. The number of para-hydroxylation sites is 1. The molecule has 0 radical (unpaired) electrons. The molecule has 0 aliphatic rings. The summed E-state index contributed by atoms with van der Waals surface area (Å²) in [6.07, 6.45) is 1.43. The van der Waals surface area contributed by atoms with Crippen LogP contribution >= 0.6 is 12.4 Å². The predicted octanol–water partition coefficient (Wildman–Crippen LogP) is 0.882. The summed E-state index contributed by atoms with van der Waals surface area (Å²) < 4.78 is 6.26. The highest BCUT2D eigenvalue weighted by atomic mass is 35.5. The van der Waals surface area contributed by atoms with E-state index in [0.29, 0.717) is 23.1 Å². The lowest BCUT2D eigenvalue weighted by atomic mass is 10.2. The average molecular weight is 299 g/mol. The van der Waals surface area contributed by atoms with Crippen LogP contribution in [0, 0.1) is 6.92 Å². The van der Waals surface area contributed by atoms with Crippen molar-refractivity contribution in [3.05, 3.63) is 29.6 Å². The molecule has 1 aromatic carbocycles. The molecule has 0 fully saturated rings. The van der Waals surface area contributed by atoms with Gasteiger partial charge in [0.25, 0.3) is 5.95 Å². The maximum absolute atomic E-state index is 9.84. The first kappa shape index (κ1) is 15.6. The normalized spacial score (nSPS) is 10.3. The third-order valence-corrected chi connectivity index (χ3v) is 2.48. The van der Waals surface area contributed by atoms with E-state index in [9.17, 15) is 5.11 Å². The number of nitrogens with two attached hydrogens (primary N) is 1. The van der Waals surface area contributed by atoms with E-state index in [-0.39, 0.29) is 18.2 Å². The van der Waals surface area contributed by atoms with Gasteiger partial charge in [0.05, 0.1) is 13.3 Å². The van der Waals surface area contributed by atoms with Crippen molar-refractivity contribution in [3.8, 4) is 11.5 Å². The Morgan fingerprint density at radius 3 is 2.80 bits per heavy atom. The van der Waals surface area contributed by atoms with Crippen molar-refractivity contribution in [2.24, 2.45) is 5.10 Å². The van der Waals surface area contributed by atoms with Crippen LogP contribution in [0.25, 0.3) is 0 Å². The molecule has 1 aromatic heterocycles. The number of aryl methyl sites for hydroxylation is 1. The first-order chi connectivity index (χ1) is 9.13. The summed E-state index contributed by atoms with van der Waals surface area (Å²) in [5.74, 6) is 6.89. The van der Waals surface area contributed by atoms with E-state index in [1.165, 1.54) is 18.0 Å². The molecule has 0 atom stereocenters. The Morgan fingerprint density at radius 1 is 1.45 bits per heavy atom. The molecule has 9 heteroatoms. The summed E-state index contributed by atoms with van der Waals surface area (Å²) in [5.41, 5.74) is 3.13. The highest BCUT2D eigenvalue weighted by Gasteiger charge is 2.06. The van der Waals surface area contributed by atoms with Crippen LogP contribution in [0.4, 0.5) is 5.95 Å². The van der Waals surface area contributed by atoms with E-state index in [2.05, 4.69) is 20.7 Å². The molecular formula is C11H15ClN6O2. The van der Waals surface area contributed by atoms with E-state index in [4.69, 9.17) is 10.6 Å².